The Labute approximate surface area is 362 Å². The van der Waals surface area contributed by atoms with Gasteiger partial charge in [0.05, 0.1) is 50.7 Å². The second-order valence-electron chi connectivity index (χ2n) is 15.0. The predicted octanol–water partition coefficient (Wildman–Crippen LogP) is 8.80. The third kappa shape index (κ3) is 9.08. The summed E-state index contributed by atoms with van der Waals surface area (Å²) in [6.45, 7) is 7.88. The molecular weight excluding hydrogens is 801 g/mol. The third-order valence-corrected chi connectivity index (χ3v) is 11.1. The molecule has 2 N–H and O–H groups in total. The smallest absolute Gasteiger partial charge is 0.217 e. The van der Waals surface area contributed by atoms with Crippen molar-refractivity contribution in [3.8, 4) is 22.6 Å². The molecule has 0 spiro atoms. The third-order valence-electron chi connectivity index (χ3n) is 11.1. The maximum atomic E-state index is 10.9. The number of hydrogen-bond acceptors (Lipinski definition) is 15. The van der Waals surface area contributed by atoms with Crippen LogP contribution in [0.5, 0.6) is 0 Å². The number of hydrogen-bond donors (Lipinski definition) is 2. The monoisotopic (exact) mass is 844 g/mol. The minimum Gasteiger partial charge on any atom is -0.456 e. The van der Waals surface area contributed by atoms with Gasteiger partial charge in [0, 0.05) is 70.8 Å². The lowest BCUT2D eigenvalue weighted by atomic mass is 10.1. The second kappa shape index (κ2) is 18.4. The van der Waals surface area contributed by atoms with E-state index in [4.69, 9.17) is 27.8 Å². The molecule has 3 fully saturated rings. The summed E-state index contributed by atoms with van der Waals surface area (Å²) in [7, 11) is 0. The molecule has 318 valence electrons. The van der Waals surface area contributed by atoms with Gasteiger partial charge >= 0.3 is 0 Å². The topological polar surface area (TPSA) is 162 Å². The SMILES string of the molecule is O=Cc1ccc(-c2ccc3ncnc(Nc4ccc(N5CCOCC5)cc4)c3c2)o1.c1nc(Nc2ccc(N3CCOCC3)cc2)c2cc(-c3ccc(C4OCCO4)o3)ccc2n1. The number of anilines is 6. The van der Waals surface area contributed by atoms with Crippen LogP contribution >= 0.6 is 0 Å². The minimum atomic E-state index is -0.430. The average Bonchev–Trinajstić information content (AvgIpc) is 4.17. The molecule has 0 atom stereocenters. The number of nitrogens with one attached hydrogen (secondary N) is 2. The minimum absolute atomic E-state index is 0.299. The lowest BCUT2D eigenvalue weighted by molar-refractivity contribution is -0.0585. The van der Waals surface area contributed by atoms with E-state index in [1.54, 1.807) is 24.8 Å². The number of aldehydes is 1. The molecule has 15 nitrogen and oxygen atoms in total. The van der Waals surface area contributed by atoms with E-state index in [9.17, 15) is 4.79 Å². The molecule has 0 aliphatic carbocycles. The van der Waals surface area contributed by atoms with E-state index < -0.39 is 6.29 Å². The zero-order chi connectivity index (χ0) is 42.4. The molecule has 3 aliphatic heterocycles. The molecule has 0 radical (unpaired) electrons. The number of carbonyl (C=O) groups excluding carboxylic acids is 1. The lowest BCUT2D eigenvalue weighted by Crippen LogP contribution is -2.36. The van der Waals surface area contributed by atoms with E-state index in [2.05, 4.69) is 76.8 Å². The van der Waals surface area contributed by atoms with Gasteiger partial charge in [0.25, 0.3) is 0 Å². The van der Waals surface area contributed by atoms with Gasteiger partial charge in [0.2, 0.25) is 6.29 Å². The molecule has 4 aromatic heterocycles. The first-order valence-electron chi connectivity index (χ1n) is 20.9. The number of morpholine rings is 2. The zero-order valence-electron chi connectivity index (χ0n) is 34.3. The highest BCUT2D eigenvalue weighted by atomic mass is 16.7. The Kier molecular flexibility index (Phi) is 11.7. The number of nitrogens with zero attached hydrogens (tertiary/aromatic N) is 6. The number of furan rings is 2. The van der Waals surface area contributed by atoms with Crippen molar-refractivity contribution in [2.45, 2.75) is 6.29 Å². The van der Waals surface area contributed by atoms with Crippen molar-refractivity contribution < 1.29 is 32.6 Å². The van der Waals surface area contributed by atoms with Crippen LogP contribution in [0.1, 0.15) is 22.6 Å². The number of rotatable bonds is 10. The zero-order valence-corrected chi connectivity index (χ0v) is 34.3. The Morgan fingerprint density at radius 3 is 1.51 bits per heavy atom. The Morgan fingerprint density at radius 1 is 0.524 bits per heavy atom. The van der Waals surface area contributed by atoms with Gasteiger partial charge in [-0.1, -0.05) is 0 Å². The lowest BCUT2D eigenvalue weighted by Gasteiger charge is -2.28. The normalized spacial score (nSPS) is 15.6. The van der Waals surface area contributed by atoms with E-state index in [0.29, 0.717) is 42.6 Å². The molecule has 0 saturated carbocycles. The predicted molar refractivity (Wildman–Crippen MR) is 240 cm³/mol. The number of benzene rings is 4. The summed E-state index contributed by atoms with van der Waals surface area (Å²) in [4.78, 5) is 33.3. The van der Waals surface area contributed by atoms with Crippen molar-refractivity contribution in [3.05, 3.63) is 133 Å². The highest BCUT2D eigenvalue weighted by Crippen LogP contribution is 2.34. The van der Waals surface area contributed by atoms with Gasteiger partial charge < -0.3 is 48.2 Å². The van der Waals surface area contributed by atoms with Crippen molar-refractivity contribution in [1.29, 1.82) is 0 Å². The van der Waals surface area contributed by atoms with Crippen LogP contribution in [-0.2, 0) is 18.9 Å². The Bertz CT molecular complexity index is 2810. The van der Waals surface area contributed by atoms with E-state index in [-0.39, 0.29) is 0 Å². The van der Waals surface area contributed by atoms with Gasteiger partial charge in [-0.2, -0.15) is 0 Å². The fraction of sp³-hybridized carbons (Fsp3) is 0.229. The van der Waals surface area contributed by atoms with Crippen LogP contribution in [0.15, 0.2) is 131 Å². The molecule has 3 saturated heterocycles. The van der Waals surface area contributed by atoms with Crippen LogP contribution in [0.3, 0.4) is 0 Å². The van der Waals surface area contributed by atoms with Gasteiger partial charge in [0.15, 0.2) is 17.8 Å². The number of ether oxygens (including phenoxy) is 4. The van der Waals surface area contributed by atoms with E-state index >= 15 is 0 Å². The first-order chi connectivity index (χ1) is 31.1. The number of fused-ring (bicyclic) bond motifs is 2. The van der Waals surface area contributed by atoms with Crippen molar-refractivity contribution in [3.63, 3.8) is 0 Å². The first kappa shape index (κ1) is 39.9. The summed E-state index contributed by atoms with van der Waals surface area (Å²) < 4.78 is 33.5. The van der Waals surface area contributed by atoms with Crippen LogP contribution in [-0.4, -0.2) is 92.0 Å². The highest BCUT2D eigenvalue weighted by molar-refractivity contribution is 5.94. The Morgan fingerprint density at radius 2 is 1.02 bits per heavy atom. The van der Waals surface area contributed by atoms with Crippen molar-refractivity contribution >= 4 is 62.5 Å². The highest BCUT2D eigenvalue weighted by Gasteiger charge is 2.22. The van der Waals surface area contributed by atoms with Crippen LogP contribution < -0.4 is 20.4 Å². The average molecular weight is 845 g/mol. The fourth-order valence-electron chi connectivity index (χ4n) is 7.78. The van der Waals surface area contributed by atoms with E-state index in [1.807, 2.05) is 60.7 Å². The van der Waals surface area contributed by atoms with Crippen LogP contribution in [0.4, 0.5) is 34.4 Å². The quantitative estimate of drug-likeness (QED) is 0.126. The molecule has 3 aliphatic rings. The van der Waals surface area contributed by atoms with Gasteiger partial charge in [-0.3, -0.25) is 4.79 Å². The van der Waals surface area contributed by atoms with Crippen LogP contribution in [0, 0.1) is 0 Å². The van der Waals surface area contributed by atoms with Gasteiger partial charge in [-0.05, 0) is 109 Å². The summed E-state index contributed by atoms with van der Waals surface area (Å²) in [5.41, 5.74) is 7.76. The molecule has 0 bridgehead atoms. The number of aromatic nitrogens is 4. The Balaban J connectivity index is 0.000000150. The molecule has 63 heavy (non-hydrogen) atoms. The molecule has 0 amide bonds. The van der Waals surface area contributed by atoms with E-state index in [1.165, 1.54) is 11.4 Å². The standard InChI is InChI=1S/C25H24N4O4.C23H20N4O3/c1-6-21-20(15-17(1)22-7-8-23(33-22)25-31-13-14-32-25)24(27-16-26-21)28-18-2-4-19(5-3-18)29-9-11-30-12-10-29;28-14-19-6-8-22(30-19)16-1-7-21-20(13-16)23(25-15-24-21)26-17-2-4-18(5-3-17)27-9-11-29-12-10-27/h1-8,15-16,25H,9-14H2,(H,26,27,28);1-8,13-15H,9-12H2,(H,24,25,26). The maximum Gasteiger partial charge on any atom is 0.217 e. The largest absolute Gasteiger partial charge is 0.456 e. The van der Waals surface area contributed by atoms with Crippen molar-refractivity contribution in [1.82, 2.24) is 19.9 Å². The molecule has 8 aromatic rings. The maximum absolute atomic E-state index is 10.9. The molecule has 4 aromatic carbocycles. The molecular formula is C48H44N8O7. The second-order valence-corrected chi connectivity index (χ2v) is 15.0. The van der Waals surface area contributed by atoms with Gasteiger partial charge in [-0.15, -0.1) is 0 Å². The van der Waals surface area contributed by atoms with Crippen molar-refractivity contribution in [2.75, 3.05) is 86.3 Å². The molecule has 15 heteroatoms. The summed E-state index contributed by atoms with van der Waals surface area (Å²) in [5.74, 6) is 3.80. The molecule has 7 heterocycles. The molecule has 11 rings (SSSR count). The summed E-state index contributed by atoms with van der Waals surface area (Å²) in [6, 6.07) is 35.8. The van der Waals surface area contributed by atoms with Crippen LogP contribution in [0.2, 0.25) is 0 Å². The van der Waals surface area contributed by atoms with E-state index in [0.717, 1.165) is 108 Å². The van der Waals surface area contributed by atoms with Crippen LogP contribution in [0.25, 0.3) is 44.5 Å². The van der Waals surface area contributed by atoms with Crippen molar-refractivity contribution in [2.24, 2.45) is 0 Å². The summed E-state index contributed by atoms with van der Waals surface area (Å²) in [5, 5.41) is 8.62. The summed E-state index contributed by atoms with van der Waals surface area (Å²) >= 11 is 0. The first-order valence-corrected chi connectivity index (χ1v) is 20.9. The number of carbonyl (C=O) groups is 1. The van der Waals surface area contributed by atoms with Gasteiger partial charge in [0.1, 0.15) is 35.8 Å². The fourth-order valence-corrected chi connectivity index (χ4v) is 7.78. The molecule has 0 unspecified atom stereocenters. The van der Waals surface area contributed by atoms with Gasteiger partial charge in [-0.25, -0.2) is 19.9 Å². The summed E-state index contributed by atoms with van der Waals surface area (Å²) in [6.07, 6.45) is 3.39. The Hall–Kier alpha value is -7.17.